The van der Waals surface area contributed by atoms with Gasteiger partial charge in [-0.2, -0.15) is 0 Å². The van der Waals surface area contributed by atoms with E-state index in [4.69, 9.17) is 5.11 Å². The fourth-order valence-corrected chi connectivity index (χ4v) is 2.14. The molecule has 1 N–H and O–H groups in total. The highest BCUT2D eigenvalue weighted by molar-refractivity contribution is 5.70. The van der Waals surface area contributed by atoms with Crippen molar-refractivity contribution in [1.29, 1.82) is 0 Å². The first-order chi connectivity index (χ1) is 6.11. The van der Waals surface area contributed by atoms with E-state index in [1.54, 1.807) is 0 Å². The largest absolute Gasteiger partial charge is 0.481 e. The van der Waals surface area contributed by atoms with Crippen LogP contribution in [0.25, 0.3) is 0 Å². The van der Waals surface area contributed by atoms with Gasteiger partial charge in [0.15, 0.2) is 0 Å². The Balaban J connectivity index is 2.39. The molecule has 0 bridgehead atoms. The van der Waals surface area contributed by atoms with Crippen molar-refractivity contribution in [3.8, 4) is 0 Å². The van der Waals surface area contributed by atoms with Gasteiger partial charge in [-0.1, -0.05) is 12.0 Å². The predicted octanol–water partition coefficient (Wildman–Crippen LogP) is 2.84. The average molecular weight is 182 g/mol. The predicted molar refractivity (Wildman–Crippen MR) is 52.5 cm³/mol. The minimum Gasteiger partial charge on any atom is -0.481 e. The molecule has 0 aromatic heterocycles. The molecule has 0 spiro atoms. The Morgan fingerprint density at radius 2 is 2.23 bits per heavy atom. The summed E-state index contributed by atoms with van der Waals surface area (Å²) in [7, 11) is 0. The van der Waals surface area contributed by atoms with Crippen molar-refractivity contribution in [2.75, 3.05) is 0 Å². The molecular weight excluding hydrogens is 164 g/mol. The van der Waals surface area contributed by atoms with Crippen LogP contribution >= 0.6 is 0 Å². The lowest BCUT2D eigenvalue weighted by atomic mass is 9.90. The van der Waals surface area contributed by atoms with E-state index in [1.807, 2.05) is 6.92 Å². The fraction of sp³-hybridized carbons (Fsp3) is 0.727. The van der Waals surface area contributed by atoms with Gasteiger partial charge in [0.25, 0.3) is 0 Å². The van der Waals surface area contributed by atoms with Gasteiger partial charge in [-0.3, -0.25) is 4.79 Å². The van der Waals surface area contributed by atoms with Gasteiger partial charge in [0.05, 0.1) is 5.92 Å². The Morgan fingerprint density at radius 3 is 2.77 bits per heavy atom. The third-order valence-corrected chi connectivity index (χ3v) is 2.92. The monoisotopic (exact) mass is 182 g/mol. The van der Waals surface area contributed by atoms with Gasteiger partial charge in [0.2, 0.25) is 0 Å². The Morgan fingerprint density at radius 1 is 1.54 bits per heavy atom. The maximum Gasteiger partial charge on any atom is 0.306 e. The molecule has 0 heterocycles. The maximum atomic E-state index is 10.8. The number of hydrogen-bond donors (Lipinski definition) is 1. The maximum absolute atomic E-state index is 10.8. The van der Waals surface area contributed by atoms with Crippen LogP contribution in [0.5, 0.6) is 0 Å². The summed E-state index contributed by atoms with van der Waals surface area (Å²) in [5.74, 6) is -0.294. The zero-order valence-corrected chi connectivity index (χ0v) is 8.25. The molecule has 0 amide bonds. The summed E-state index contributed by atoms with van der Waals surface area (Å²) in [5, 5.41) is 8.93. The molecule has 1 saturated carbocycles. The Labute approximate surface area is 79.6 Å². The van der Waals surface area contributed by atoms with Crippen LogP contribution < -0.4 is 0 Å². The van der Waals surface area contributed by atoms with Crippen LogP contribution in [0, 0.1) is 11.8 Å². The van der Waals surface area contributed by atoms with Crippen LogP contribution in [0.3, 0.4) is 0 Å². The molecule has 2 heteroatoms. The van der Waals surface area contributed by atoms with E-state index in [0.29, 0.717) is 5.92 Å². The molecule has 1 fully saturated rings. The smallest absolute Gasteiger partial charge is 0.306 e. The second-order valence-electron chi connectivity index (χ2n) is 4.13. The lowest BCUT2D eigenvalue weighted by Crippen LogP contribution is -2.18. The minimum atomic E-state index is -0.607. The molecular formula is C11H18O2. The second kappa shape index (κ2) is 4.45. The summed E-state index contributed by atoms with van der Waals surface area (Å²) in [4.78, 5) is 10.8. The van der Waals surface area contributed by atoms with Crippen molar-refractivity contribution >= 4 is 5.97 Å². The quantitative estimate of drug-likeness (QED) is 0.679. The molecule has 0 saturated heterocycles. The van der Waals surface area contributed by atoms with Crippen molar-refractivity contribution in [3.05, 3.63) is 12.2 Å². The third kappa shape index (κ3) is 2.87. The summed E-state index contributed by atoms with van der Waals surface area (Å²) in [6.45, 7) is 5.84. The fourth-order valence-electron chi connectivity index (χ4n) is 2.14. The van der Waals surface area contributed by atoms with Gasteiger partial charge in [-0.25, -0.2) is 0 Å². The molecule has 74 valence electrons. The molecule has 13 heavy (non-hydrogen) atoms. The van der Waals surface area contributed by atoms with Crippen molar-refractivity contribution in [3.63, 3.8) is 0 Å². The number of carboxylic acids is 1. The second-order valence-corrected chi connectivity index (χ2v) is 4.13. The van der Waals surface area contributed by atoms with Crippen molar-refractivity contribution < 1.29 is 9.90 Å². The Bertz CT molecular complexity index is 208. The van der Waals surface area contributed by atoms with Gasteiger partial charge in [-0.05, 0) is 38.5 Å². The summed E-state index contributed by atoms with van der Waals surface area (Å²) in [5.41, 5.74) is 1.16. The highest BCUT2D eigenvalue weighted by atomic mass is 16.4. The average Bonchev–Trinajstić information content (AvgIpc) is 2.47. The van der Waals surface area contributed by atoms with Crippen molar-refractivity contribution in [2.45, 2.75) is 39.0 Å². The third-order valence-electron chi connectivity index (χ3n) is 2.92. The first-order valence-electron chi connectivity index (χ1n) is 4.98. The normalized spacial score (nSPS) is 27.5. The van der Waals surface area contributed by atoms with Gasteiger partial charge in [0.1, 0.15) is 0 Å². The Hall–Kier alpha value is -0.790. The van der Waals surface area contributed by atoms with Crippen LogP contribution in [0.1, 0.15) is 39.0 Å². The molecule has 0 radical (unpaired) electrons. The molecule has 0 aromatic carbocycles. The zero-order chi connectivity index (χ0) is 9.84. The summed E-state index contributed by atoms with van der Waals surface area (Å²) >= 11 is 0. The first-order valence-corrected chi connectivity index (χ1v) is 4.98. The molecule has 2 atom stereocenters. The van der Waals surface area contributed by atoms with E-state index >= 15 is 0 Å². The van der Waals surface area contributed by atoms with E-state index < -0.39 is 5.97 Å². The summed E-state index contributed by atoms with van der Waals surface area (Å²) in [6, 6.07) is 0. The number of carboxylic acid groups (broad SMARTS) is 1. The van der Waals surface area contributed by atoms with E-state index in [2.05, 4.69) is 6.58 Å². The first kappa shape index (κ1) is 10.3. The molecule has 0 aliphatic heterocycles. The van der Waals surface area contributed by atoms with Gasteiger partial charge >= 0.3 is 5.97 Å². The number of hydrogen-bond acceptors (Lipinski definition) is 1. The molecule has 2 nitrogen and oxygen atoms in total. The number of aliphatic carboxylic acids is 1. The zero-order valence-electron chi connectivity index (χ0n) is 8.25. The van der Waals surface area contributed by atoms with Crippen LogP contribution in [-0.2, 0) is 4.79 Å². The van der Waals surface area contributed by atoms with Crippen LogP contribution in [0.15, 0.2) is 12.2 Å². The molecule has 1 aliphatic rings. The summed E-state index contributed by atoms with van der Waals surface area (Å²) < 4.78 is 0. The van der Waals surface area contributed by atoms with Crippen LogP contribution in [-0.4, -0.2) is 11.1 Å². The minimum absolute atomic E-state index is 0.0839. The van der Waals surface area contributed by atoms with E-state index in [9.17, 15) is 4.79 Å². The van der Waals surface area contributed by atoms with Crippen LogP contribution in [0.2, 0.25) is 0 Å². The standard InChI is InChI=1S/C11H18O2/c1-8(2)6-7-9-4-3-5-10(9)11(12)13/h9-10H,1,3-7H2,2H3,(H,12,13). The highest BCUT2D eigenvalue weighted by Gasteiger charge is 2.31. The van der Waals surface area contributed by atoms with Gasteiger partial charge in [-0.15, -0.1) is 6.58 Å². The van der Waals surface area contributed by atoms with E-state index in [0.717, 1.165) is 37.7 Å². The molecule has 0 aromatic rings. The number of allylic oxidation sites excluding steroid dienone is 1. The van der Waals surface area contributed by atoms with Gasteiger partial charge < -0.3 is 5.11 Å². The SMILES string of the molecule is C=C(C)CCC1CCCC1C(=O)O. The molecule has 1 aliphatic carbocycles. The van der Waals surface area contributed by atoms with E-state index in [-0.39, 0.29) is 5.92 Å². The van der Waals surface area contributed by atoms with Crippen molar-refractivity contribution in [1.82, 2.24) is 0 Å². The van der Waals surface area contributed by atoms with Crippen molar-refractivity contribution in [2.24, 2.45) is 11.8 Å². The van der Waals surface area contributed by atoms with Gasteiger partial charge in [0, 0.05) is 0 Å². The Kier molecular flexibility index (Phi) is 3.52. The lowest BCUT2D eigenvalue weighted by Gasteiger charge is -2.14. The molecule has 2 unspecified atom stereocenters. The number of rotatable bonds is 4. The van der Waals surface area contributed by atoms with E-state index in [1.165, 1.54) is 0 Å². The lowest BCUT2D eigenvalue weighted by molar-refractivity contribution is -0.143. The highest BCUT2D eigenvalue weighted by Crippen LogP contribution is 2.35. The number of carbonyl (C=O) groups is 1. The molecule has 1 rings (SSSR count). The summed E-state index contributed by atoms with van der Waals surface area (Å²) in [6.07, 6.45) is 5.03. The topological polar surface area (TPSA) is 37.3 Å². The van der Waals surface area contributed by atoms with Crippen LogP contribution in [0.4, 0.5) is 0 Å².